The van der Waals surface area contributed by atoms with Crippen molar-refractivity contribution < 1.29 is 8.78 Å². The lowest BCUT2D eigenvalue weighted by atomic mass is 10.3. The summed E-state index contributed by atoms with van der Waals surface area (Å²) in [5.74, 6) is -0.463. The fourth-order valence-electron chi connectivity index (χ4n) is 2.61. The molecule has 0 N–H and O–H groups in total. The van der Waals surface area contributed by atoms with Crippen molar-refractivity contribution in [3.05, 3.63) is 78.9 Å². The Morgan fingerprint density at radius 2 is 1.41 bits per heavy atom. The standard InChI is InChI=1S/C17H16F2N2Si/c18-14-1-5-16(6-2-14)22(12-11-21-10-9-20-13-21)17-7-3-15(19)4-8-17/h1-10,13,22H,11-12H2. The number of benzene rings is 2. The Labute approximate surface area is 129 Å². The molecule has 5 heteroatoms. The van der Waals surface area contributed by atoms with E-state index in [9.17, 15) is 8.78 Å². The highest BCUT2D eigenvalue weighted by Crippen LogP contribution is 2.04. The van der Waals surface area contributed by atoms with E-state index in [1.165, 1.54) is 24.3 Å². The van der Waals surface area contributed by atoms with Gasteiger partial charge in [0.25, 0.3) is 0 Å². The summed E-state index contributed by atoms with van der Waals surface area (Å²) in [5, 5.41) is 2.32. The number of hydrogen-bond donors (Lipinski definition) is 0. The van der Waals surface area contributed by atoms with Crippen molar-refractivity contribution in [1.29, 1.82) is 0 Å². The summed E-state index contributed by atoms with van der Waals surface area (Å²) in [5.41, 5.74) is 0. The molecule has 0 amide bonds. The van der Waals surface area contributed by atoms with Crippen molar-refractivity contribution in [3.63, 3.8) is 0 Å². The van der Waals surface area contributed by atoms with Crippen LogP contribution < -0.4 is 10.4 Å². The molecule has 0 bridgehead atoms. The Morgan fingerprint density at radius 1 is 0.864 bits per heavy atom. The van der Waals surface area contributed by atoms with Crippen LogP contribution in [0.4, 0.5) is 8.78 Å². The number of aromatic nitrogens is 2. The highest BCUT2D eigenvalue weighted by atomic mass is 28.3. The lowest BCUT2D eigenvalue weighted by Gasteiger charge is -2.17. The lowest BCUT2D eigenvalue weighted by Crippen LogP contribution is -2.42. The molecule has 0 aliphatic carbocycles. The maximum atomic E-state index is 13.2. The number of imidazole rings is 1. The van der Waals surface area contributed by atoms with Crippen molar-refractivity contribution in [3.8, 4) is 0 Å². The van der Waals surface area contributed by atoms with Crippen LogP contribution >= 0.6 is 0 Å². The smallest absolute Gasteiger partial charge is 0.123 e. The van der Waals surface area contributed by atoms with Gasteiger partial charge in [0, 0.05) is 18.9 Å². The molecule has 2 nitrogen and oxygen atoms in total. The summed E-state index contributed by atoms with van der Waals surface area (Å²) < 4.78 is 28.4. The van der Waals surface area contributed by atoms with Crippen LogP contribution in [0.5, 0.6) is 0 Å². The normalized spacial score (nSPS) is 11.0. The molecule has 0 radical (unpaired) electrons. The molecule has 112 valence electrons. The number of aryl methyl sites for hydroxylation is 1. The van der Waals surface area contributed by atoms with Gasteiger partial charge in [0.2, 0.25) is 0 Å². The number of hydrogen-bond acceptors (Lipinski definition) is 1. The minimum atomic E-state index is -1.52. The van der Waals surface area contributed by atoms with Gasteiger partial charge in [-0.2, -0.15) is 0 Å². The second-order valence-corrected chi connectivity index (χ2v) is 8.26. The van der Waals surface area contributed by atoms with Crippen LogP contribution in [0, 0.1) is 11.6 Å². The molecule has 3 rings (SSSR count). The first kappa shape index (κ1) is 14.7. The quantitative estimate of drug-likeness (QED) is 0.660. The lowest BCUT2D eigenvalue weighted by molar-refractivity contribution is 0.628. The summed E-state index contributed by atoms with van der Waals surface area (Å²) in [6.45, 7) is 0.853. The van der Waals surface area contributed by atoms with Crippen LogP contribution in [-0.2, 0) is 6.54 Å². The maximum Gasteiger partial charge on any atom is 0.123 e. The minimum Gasteiger partial charge on any atom is -0.338 e. The predicted octanol–water partition coefficient (Wildman–Crippen LogP) is 2.20. The van der Waals surface area contributed by atoms with E-state index in [2.05, 4.69) is 4.98 Å². The van der Waals surface area contributed by atoms with Crippen LogP contribution in [0.3, 0.4) is 0 Å². The zero-order valence-electron chi connectivity index (χ0n) is 12.0. The van der Waals surface area contributed by atoms with Crippen LogP contribution in [0.1, 0.15) is 0 Å². The van der Waals surface area contributed by atoms with Crippen molar-refractivity contribution in [2.75, 3.05) is 0 Å². The van der Waals surface area contributed by atoms with Gasteiger partial charge in [0.15, 0.2) is 0 Å². The molecule has 0 aliphatic rings. The van der Waals surface area contributed by atoms with E-state index < -0.39 is 8.80 Å². The maximum absolute atomic E-state index is 13.2. The van der Waals surface area contributed by atoms with Gasteiger partial charge in [-0.25, -0.2) is 13.8 Å². The molecule has 0 aliphatic heterocycles. The molecule has 1 heterocycles. The van der Waals surface area contributed by atoms with E-state index in [1.807, 2.05) is 35.0 Å². The van der Waals surface area contributed by atoms with Crippen molar-refractivity contribution in [1.82, 2.24) is 9.55 Å². The highest BCUT2D eigenvalue weighted by molar-refractivity contribution is 6.85. The van der Waals surface area contributed by atoms with E-state index in [1.54, 1.807) is 12.5 Å². The molecular weight excluding hydrogens is 298 g/mol. The summed E-state index contributed by atoms with van der Waals surface area (Å²) in [6.07, 6.45) is 5.48. The highest BCUT2D eigenvalue weighted by Gasteiger charge is 2.16. The van der Waals surface area contributed by atoms with E-state index in [-0.39, 0.29) is 11.6 Å². The summed E-state index contributed by atoms with van der Waals surface area (Å²) in [4.78, 5) is 4.05. The van der Waals surface area contributed by atoms with Crippen LogP contribution in [0.25, 0.3) is 0 Å². The van der Waals surface area contributed by atoms with Gasteiger partial charge >= 0.3 is 0 Å². The first-order valence-corrected chi connectivity index (χ1v) is 9.16. The third-order valence-electron chi connectivity index (χ3n) is 3.78. The first-order valence-electron chi connectivity index (χ1n) is 7.19. The Balaban J connectivity index is 1.87. The molecule has 0 saturated heterocycles. The molecule has 3 aromatic rings. The van der Waals surface area contributed by atoms with Gasteiger partial charge in [-0.3, -0.25) is 0 Å². The van der Waals surface area contributed by atoms with E-state index in [0.29, 0.717) is 0 Å². The molecule has 0 saturated carbocycles. The molecule has 1 aromatic heterocycles. The molecule has 22 heavy (non-hydrogen) atoms. The SMILES string of the molecule is Fc1ccc([SiH](CCn2ccnc2)c2ccc(F)cc2)cc1. The Bertz CT molecular complexity index is 664. The van der Waals surface area contributed by atoms with Gasteiger partial charge < -0.3 is 4.57 Å². The molecule has 0 unspecified atom stereocenters. The summed E-state index contributed by atoms with van der Waals surface area (Å²) >= 11 is 0. The monoisotopic (exact) mass is 314 g/mol. The van der Waals surface area contributed by atoms with E-state index in [0.717, 1.165) is 23.0 Å². The van der Waals surface area contributed by atoms with Crippen molar-refractivity contribution in [2.24, 2.45) is 0 Å². The second-order valence-electron chi connectivity index (χ2n) is 5.24. The van der Waals surface area contributed by atoms with Gasteiger partial charge in [-0.05, 0) is 30.3 Å². The molecule has 0 fully saturated rings. The first-order chi connectivity index (χ1) is 10.7. The minimum absolute atomic E-state index is 0.231. The molecular formula is C17H16F2N2Si. The van der Waals surface area contributed by atoms with Gasteiger partial charge in [-0.15, -0.1) is 0 Å². The number of halogens is 2. The zero-order chi connectivity index (χ0) is 15.4. The van der Waals surface area contributed by atoms with E-state index >= 15 is 0 Å². The predicted molar refractivity (Wildman–Crippen MR) is 86.3 cm³/mol. The van der Waals surface area contributed by atoms with Crippen LogP contribution in [0.2, 0.25) is 6.04 Å². The van der Waals surface area contributed by atoms with Gasteiger partial charge in [-0.1, -0.05) is 34.6 Å². The van der Waals surface area contributed by atoms with Crippen LogP contribution in [0.15, 0.2) is 67.3 Å². The third kappa shape index (κ3) is 3.48. The van der Waals surface area contributed by atoms with Gasteiger partial charge in [0.05, 0.1) is 6.33 Å². The molecule has 0 spiro atoms. The topological polar surface area (TPSA) is 17.8 Å². The van der Waals surface area contributed by atoms with Gasteiger partial charge in [0.1, 0.15) is 20.4 Å². The molecule has 0 atom stereocenters. The van der Waals surface area contributed by atoms with E-state index in [4.69, 9.17) is 0 Å². The fraction of sp³-hybridized carbons (Fsp3) is 0.118. The largest absolute Gasteiger partial charge is 0.338 e. The Hall–Kier alpha value is -2.27. The van der Waals surface area contributed by atoms with Crippen molar-refractivity contribution in [2.45, 2.75) is 12.6 Å². The Morgan fingerprint density at radius 3 is 1.86 bits per heavy atom. The van der Waals surface area contributed by atoms with Crippen molar-refractivity contribution >= 4 is 19.2 Å². The average molecular weight is 314 g/mol. The van der Waals surface area contributed by atoms with Crippen LogP contribution in [-0.4, -0.2) is 18.3 Å². The molecule has 2 aromatic carbocycles. The number of nitrogens with zero attached hydrogens (tertiary/aromatic N) is 2. The summed E-state index contributed by atoms with van der Waals surface area (Å²) in [6, 6.07) is 14.4. The number of rotatable bonds is 5. The third-order valence-corrected chi connectivity index (χ3v) is 6.99. The average Bonchev–Trinajstić information content (AvgIpc) is 3.04. The Kier molecular flexibility index (Phi) is 4.44. The second kappa shape index (κ2) is 6.66. The summed E-state index contributed by atoms with van der Waals surface area (Å²) in [7, 11) is -1.52. The zero-order valence-corrected chi connectivity index (χ0v) is 13.1. The fourth-order valence-corrected chi connectivity index (χ4v) is 5.54.